The fourth-order valence-corrected chi connectivity index (χ4v) is 5.77. The molecule has 2 N–H and O–H groups in total. The number of para-hydroxylation sites is 1. The Morgan fingerprint density at radius 3 is 2.63 bits per heavy atom. The lowest BCUT2D eigenvalue weighted by Crippen LogP contribution is -2.47. The van der Waals surface area contributed by atoms with Gasteiger partial charge in [-0.25, -0.2) is 19.7 Å². The van der Waals surface area contributed by atoms with Gasteiger partial charge in [-0.2, -0.15) is 0 Å². The summed E-state index contributed by atoms with van der Waals surface area (Å²) in [5.41, 5.74) is 1.28. The van der Waals surface area contributed by atoms with E-state index in [0.29, 0.717) is 38.9 Å². The van der Waals surface area contributed by atoms with Crippen LogP contribution in [0.5, 0.6) is 0 Å². The monoisotopic (exact) mass is 599 g/mol. The van der Waals surface area contributed by atoms with E-state index in [-0.39, 0.29) is 30.6 Å². The quantitative estimate of drug-likeness (QED) is 0.290. The second-order valence-corrected chi connectivity index (χ2v) is 11.0. The Bertz CT molecular complexity index is 1570. The number of hydrogen-bond acceptors (Lipinski definition) is 12. The number of rotatable bonds is 9. The molecular weight excluding hydrogens is 570 g/mol. The average Bonchev–Trinajstić information content (AvgIpc) is 3.52. The number of carbonyl (C=O) groups is 1. The third-order valence-corrected chi connectivity index (χ3v) is 7.94. The number of anilines is 4. The fraction of sp³-hybridized carbons (Fsp3) is 0.370. The van der Waals surface area contributed by atoms with E-state index in [1.54, 1.807) is 19.1 Å². The number of halogens is 1. The number of nitrogens with zero attached hydrogens (tertiary/aromatic N) is 6. The zero-order chi connectivity index (χ0) is 29.1. The van der Waals surface area contributed by atoms with Crippen LogP contribution in [0.1, 0.15) is 32.6 Å². The maximum absolute atomic E-state index is 13.8. The van der Waals surface area contributed by atoms with Crippen LogP contribution >= 0.6 is 22.9 Å². The molecule has 1 saturated heterocycles. The number of nitrogens with one attached hydrogen (secondary N) is 1. The maximum Gasteiger partial charge on any atom is 0.519 e. The van der Waals surface area contributed by atoms with Crippen molar-refractivity contribution in [2.24, 2.45) is 0 Å². The Morgan fingerprint density at radius 2 is 1.95 bits per heavy atom. The molecule has 216 valence electrons. The molecule has 41 heavy (non-hydrogen) atoms. The minimum atomic E-state index is -0.836. The van der Waals surface area contributed by atoms with Gasteiger partial charge in [0, 0.05) is 38.8 Å². The van der Waals surface area contributed by atoms with Gasteiger partial charge in [-0.3, -0.25) is 14.6 Å². The van der Waals surface area contributed by atoms with Gasteiger partial charge in [-0.15, -0.1) is 0 Å². The molecule has 5 rings (SSSR count). The summed E-state index contributed by atoms with van der Waals surface area (Å²) in [7, 11) is 0. The zero-order valence-electron chi connectivity index (χ0n) is 22.9. The first-order valence-electron chi connectivity index (χ1n) is 13.0. The van der Waals surface area contributed by atoms with Gasteiger partial charge in [-0.05, 0) is 32.4 Å². The molecule has 0 saturated carbocycles. The van der Waals surface area contributed by atoms with Crippen LogP contribution in [0.4, 0.5) is 22.5 Å². The van der Waals surface area contributed by atoms with Crippen LogP contribution in [-0.4, -0.2) is 70.2 Å². The number of piperazine rings is 1. The number of β-amino-alcohol motifs (C(OH)–C–C–N with tert-alkyl or cyclic N) is 1. The van der Waals surface area contributed by atoms with Crippen molar-refractivity contribution in [3.8, 4) is 0 Å². The summed E-state index contributed by atoms with van der Waals surface area (Å²) in [4.78, 5) is 45.2. The molecule has 12 nitrogen and oxygen atoms in total. The van der Waals surface area contributed by atoms with Gasteiger partial charge in [0.1, 0.15) is 28.1 Å². The minimum Gasteiger partial charge on any atom is -0.396 e. The largest absolute Gasteiger partial charge is 0.519 e. The van der Waals surface area contributed by atoms with Crippen molar-refractivity contribution >= 4 is 51.3 Å². The highest BCUT2D eigenvalue weighted by molar-refractivity contribution is 7.17. The van der Waals surface area contributed by atoms with Crippen molar-refractivity contribution in [2.75, 3.05) is 54.4 Å². The summed E-state index contributed by atoms with van der Waals surface area (Å²) in [6.45, 7) is 9.30. The van der Waals surface area contributed by atoms with Gasteiger partial charge < -0.3 is 24.2 Å². The number of aromatic nitrogens is 3. The van der Waals surface area contributed by atoms with Crippen molar-refractivity contribution in [1.29, 1.82) is 0 Å². The molecule has 1 fully saturated rings. The zero-order valence-corrected chi connectivity index (χ0v) is 24.5. The lowest BCUT2D eigenvalue weighted by atomic mass is 10.1. The van der Waals surface area contributed by atoms with Crippen molar-refractivity contribution in [1.82, 2.24) is 19.9 Å². The SMILES string of the molecule is Cc1nc(Nc2ncc(C(=O)N(Cc3oc(=O)oc3C)c3c(C)cccc3Cl)s2)cc(N2CCN(CCO)CC2)n1. The van der Waals surface area contributed by atoms with Crippen molar-refractivity contribution in [3.63, 3.8) is 0 Å². The Kier molecular flexibility index (Phi) is 8.68. The van der Waals surface area contributed by atoms with Crippen LogP contribution in [0.2, 0.25) is 5.02 Å². The van der Waals surface area contributed by atoms with Gasteiger partial charge in [0.05, 0.1) is 30.1 Å². The Balaban J connectivity index is 1.37. The predicted octanol–water partition coefficient (Wildman–Crippen LogP) is 3.76. The molecule has 4 aromatic rings. The van der Waals surface area contributed by atoms with Crippen molar-refractivity contribution in [2.45, 2.75) is 27.3 Å². The third kappa shape index (κ3) is 6.59. The first-order valence-corrected chi connectivity index (χ1v) is 14.2. The summed E-state index contributed by atoms with van der Waals surface area (Å²) >= 11 is 7.70. The molecule has 0 aliphatic carbocycles. The second-order valence-electron chi connectivity index (χ2n) is 9.60. The Labute approximate surface area is 245 Å². The van der Waals surface area contributed by atoms with E-state index in [1.807, 2.05) is 26.0 Å². The molecule has 4 heterocycles. The molecule has 3 aromatic heterocycles. The summed E-state index contributed by atoms with van der Waals surface area (Å²) in [6, 6.07) is 7.21. The number of carbonyl (C=O) groups excluding carboxylic acids is 1. The molecule has 1 aliphatic heterocycles. The van der Waals surface area contributed by atoms with Crippen LogP contribution in [0.15, 0.2) is 44.1 Å². The van der Waals surface area contributed by atoms with E-state index in [1.165, 1.54) is 22.4 Å². The molecule has 0 spiro atoms. The Morgan fingerprint density at radius 1 is 1.17 bits per heavy atom. The highest BCUT2D eigenvalue weighted by Gasteiger charge is 2.27. The lowest BCUT2D eigenvalue weighted by Gasteiger charge is -2.35. The number of thiazole rings is 1. The van der Waals surface area contributed by atoms with Gasteiger partial charge in [0.25, 0.3) is 5.91 Å². The summed E-state index contributed by atoms with van der Waals surface area (Å²) in [5, 5.41) is 13.3. The number of benzene rings is 1. The van der Waals surface area contributed by atoms with Gasteiger partial charge >= 0.3 is 5.82 Å². The van der Waals surface area contributed by atoms with Crippen LogP contribution in [0.25, 0.3) is 0 Å². The van der Waals surface area contributed by atoms with Gasteiger partial charge in [0.2, 0.25) is 0 Å². The number of aliphatic hydroxyl groups is 1. The Hall–Kier alpha value is -3.78. The molecule has 14 heteroatoms. The normalized spacial score (nSPS) is 13.9. The maximum atomic E-state index is 13.8. The predicted molar refractivity (Wildman–Crippen MR) is 157 cm³/mol. The van der Waals surface area contributed by atoms with E-state index >= 15 is 0 Å². The topological polar surface area (TPSA) is 141 Å². The number of hydrogen-bond donors (Lipinski definition) is 2. The highest BCUT2D eigenvalue weighted by atomic mass is 35.5. The fourth-order valence-electron chi connectivity index (χ4n) is 4.67. The number of aryl methyl sites for hydroxylation is 3. The smallest absolute Gasteiger partial charge is 0.396 e. The van der Waals surface area contributed by atoms with Crippen LogP contribution < -0.4 is 20.9 Å². The average molecular weight is 600 g/mol. The van der Waals surface area contributed by atoms with E-state index < -0.39 is 5.82 Å². The molecule has 0 unspecified atom stereocenters. The molecular formula is C27H30ClN7O5S. The summed E-state index contributed by atoms with van der Waals surface area (Å²) < 4.78 is 10.2. The lowest BCUT2D eigenvalue weighted by molar-refractivity contribution is 0.0986. The molecule has 1 amide bonds. The van der Waals surface area contributed by atoms with Crippen LogP contribution in [0, 0.1) is 20.8 Å². The van der Waals surface area contributed by atoms with Crippen LogP contribution in [-0.2, 0) is 6.54 Å². The summed E-state index contributed by atoms with van der Waals surface area (Å²) in [5.74, 6) is 1.28. The van der Waals surface area contributed by atoms with Crippen LogP contribution in [0.3, 0.4) is 0 Å². The second kappa shape index (κ2) is 12.4. The van der Waals surface area contributed by atoms with Gasteiger partial charge in [-0.1, -0.05) is 35.1 Å². The first kappa shape index (κ1) is 28.7. The first-order chi connectivity index (χ1) is 19.7. The molecule has 0 bridgehead atoms. The van der Waals surface area contributed by atoms with E-state index in [4.69, 9.17) is 20.4 Å². The van der Waals surface area contributed by atoms with E-state index in [2.05, 4.69) is 30.1 Å². The molecule has 0 atom stereocenters. The highest BCUT2D eigenvalue weighted by Crippen LogP contribution is 2.34. The third-order valence-electron chi connectivity index (χ3n) is 6.73. The van der Waals surface area contributed by atoms with Crippen molar-refractivity contribution in [3.05, 3.63) is 73.9 Å². The molecule has 1 aromatic carbocycles. The number of amides is 1. The minimum absolute atomic E-state index is 0.0539. The van der Waals surface area contributed by atoms with E-state index in [0.717, 1.165) is 37.6 Å². The van der Waals surface area contributed by atoms with Gasteiger partial charge in [0.15, 0.2) is 10.9 Å². The van der Waals surface area contributed by atoms with Crippen molar-refractivity contribution < 1.29 is 18.7 Å². The van der Waals surface area contributed by atoms with E-state index in [9.17, 15) is 14.7 Å². The molecule has 0 radical (unpaired) electrons. The number of aliphatic hydroxyl groups excluding tert-OH is 1. The standard InChI is InChI=1S/C27H30ClN7O5S/c1-16-5-4-6-19(28)24(16)35(15-20-17(2)39-27(38)40-20)25(37)21-14-29-26(41-21)32-22-13-23(31-18(3)30-22)34-9-7-33(8-10-34)11-12-36/h4-6,13-14,36H,7-12,15H2,1-3H3,(H,29,30,31,32). The molecule has 1 aliphatic rings. The summed E-state index contributed by atoms with van der Waals surface area (Å²) in [6.07, 6.45) is 1.49.